The minimum atomic E-state index is -0.165. The quantitative estimate of drug-likeness (QED) is 0.297. The molecule has 0 aliphatic carbocycles. The number of hydrogen-bond donors (Lipinski definition) is 1. The number of benzene rings is 1. The Bertz CT molecular complexity index is 869. The van der Waals surface area contributed by atoms with Gasteiger partial charge in [-0.2, -0.15) is 5.10 Å². The Hall–Kier alpha value is -2.06. The van der Waals surface area contributed by atoms with Crippen LogP contribution < -0.4 is 10.3 Å². The number of nitrogens with zero attached hydrogens (tertiary/aromatic N) is 4. The van der Waals surface area contributed by atoms with Crippen LogP contribution >= 0.6 is 11.8 Å². The van der Waals surface area contributed by atoms with Crippen molar-refractivity contribution in [3.8, 4) is 0 Å². The highest BCUT2D eigenvalue weighted by atomic mass is 32.2. The second-order valence-corrected chi connectivity index (χ2v) is 9.75. The van der Waals surface area contributed by atoms with Crippen LogP contribution in [0.3, 0.4) is 0 Å². The molecule has 3 aliphatic heterocycles. The van der Waals surface area contributed by atoms with Crippen LogP contribution in [0.4, 0.5) is 10.1 Å². The molecule has 8 heteroatoms. The Morgan fingerprint density at radius 3 is 2.84 bits per heavy atom. The smallest absolute Gasteiger partial charge is 0.179 e. The third-order valence-corrected chi connectivity index (χ3v) is 7.27. The first kappa shape index (κ1) is 22.1. The van der Waals surface area contributed by atoms with Gasteiger partial charge in [-0.25, -0.2) is 9.38 Å². The van der Waals surface area contributed by atoms with Gasteiger partial charge in [0.2, 0.25) is 0 Å². The number of fused-ring (bicyclic) bond motifs is 1. The van der Waals surface area contributed by atoms with Gasteiger partial charge in [-0.3, -0.25) is 5.43 Å². The molecule has 2 atom stereocenters. The number of nitrogens with one attached hydrogen (secondary N) is 1. The van der Waals surface area contributed by atoms with E-state index in [0.29, 0.717) is 12.8 Å². The fourth-order valence-electron chi connectivity index (χ4n) is 4.69. The number of aliphatic imine (C=N–C) groups is 1. The van der Waals surface area contributed by atoms with E-state index in [1.165, 1.54) is 13.0 Å². The number of allylic oxidation sites excluding steroid dienone is 2. The van der Waals surface area contributed by atoms with Crippen molar-refractivity contribution < 1.29 is 9.13 Å². The summed E-state index contributed by atoms with van der Waals surface area (Å²) in [6, 6.07) is 7.53. The fourth-order valence-corrected chi connectivity index (χ4v) is 5.37. The summed E-state index contributed by atoms with van der Waals surface area (Å²) < 4.78 is 18.8. The molecule has 1 N–H and O–H groups in total. The highest BCUT2D eigenvalue weighted by Crippen LogP contribution is 2.35. The van der Waals surface area contributed by atoms with E-state index in [2.05, 4.69) is 25.3 Å². The largest absolute Gasteiger partial charge is 0.468 e. The summed E-state index contributed by atoms with van der Waals surface area (Å²) in [6.07, 6.45) is 2.37. The maximum Gasteiger partial charge on any atom is 0.179 e. The molecule has 3 aliphatic rings. The molecule has 0 saturated carbocycles. The second-order valence-electron chi connectivity index (χ2n) is 8.46. The van der Waals surface area contributed by atoms with Gasteiger partial charge in [0.15, 0.2) is 12.5 Å². The van der Waals surface area contributed by atoms with Crippen molar-refractivity contribution >= 4 is 28.2 Å². The van der Waals surface area contributed by atoms with Gasteiger partial charge in [-0.05, 0) is 70.3 Å². The Kier molecular flexibility index (Phi) is 7.17. The van der Waals surface area contributed by atoms with Crippen molar-refractivity contribution in [2.45, 2.75) is 39.7 Å². The standard InChI is InChI=1S/C23H32FN5OS/c1-16-23(30-15-25-16)17(2)26-27-18(3)31-12-4-10-28-13-19-9-11-29(22(19)14-28)21-7-5-20(24)6-8-21/h5-8,19,22,26H,4,9-15H2,1-3H3/b23-17?,27-18+/t19-,22+/m0/s1. The number of thioether (sulfide) groups is 1. The van der Waals surface area contributed by atoms with Gasteiger partial charge in [-0.1, -0.05) is 0 Å². The van der Waals surface area contributed by atoms with E-state index in [9.17, 15) is 4.39 Å². The van der Waals surface area contributed by atoms with Crippen molar-refractivity contribution in [1.82, 2.24) is 10.3 Å². The molecule has 0 unspecified atom stereocenters. The van der Waals surface area contributed by atoms with Crippen LogP contribution in [-0.4, -0.2) is 60.4 Å². The summed E-state index contributed by atoms with van der Waals surface area (Å²) in [4.78, 5) is 9.29. The van der Waals surface area contributed by atoms with Gasteiger partial charge >= 0.3 is 0 Å². The first-order chi connectivity index (χ1) is 15.0. The molecule has 2 fully saturated rings. The van der Waals surface area contributed by atoms with E-state index < -0.39 is 0 Å². The maximum absolute atomic E-state index is 13.3. The zero-order valence-electron chi connectivity index (χ0n) is 18.6. The Morgan fingerprint density at radius 1 is 1.29 bits per heavy atom. The molecule has 0 spiro atoms. The monoisotopic (exact) mass is 445 g/mol. The number of hydrogen-bond acceptors (Lipinski definition) is 7. The van der Waals surface area contributed by atoms with Crippen molar-refractivity contribution in [3.63, 3.8) is 0 Å². The normalized spacial score (nSPS) is 25.5. The highest BCUT2D eigenvalue weighted by molar-refractivity contribution is 8.13. The van der Waals surface area contributed by atoms with E-state index in [4.69, 9.17) is 4.74 Å². The molecule has 0 amide bonds. The Labute approximate surface area is 188 Å². The predicted octanol–water partition coefficient (Wildman–Crippen LogP) is 4.06. The van der Waals surface area contributed by atoms with Crippen LogP contribution in [-0.2, 0) is 4.74 Å². The van der Waals surface area contributed by atoms with Crippen molar-refractivity contribution in [1.29, 1.82) is 0 Å². The molecule has 0 bridgehead atoms. The van der Waals surface area contributed by atoms with Crippen molar-refractivity contribution in [2.24, 2.45) is 16.0 Å². The summed E-state index contributed by atoms with van der Waals surface area (Å²) in [5, 5.41) is 5.48. The lowest BCUT2D eigenvalue weighted by Crippen LogP contribution is -2.35. The second kappa shape index (κ2) is 10.0. The van der Waals surface area contributed by atoms with Gasteiger partial charge < -0.3 is 14.5 Å². The van der Waals surface area contributed by atoms with Crippen molar-refractivity contribution in [2.75, 3.05) is 43.6 Å². The minimum Gasteiger partial charge on any atom is -0.468 e. The van der Waals surface area contributed by atoms with Crippen LogP contribution in [0.2, 0.25) is 0 Å². The number of rotatable bonds is 7. The molecule has 1 aromatic carbocycles. The number of halogens is 1. The summed E-state index contributed by atoms with van der Waals surface area (Å²) in [5.74, 6) is 2.42. The molecule has 0 aromatic heterocycles. The molecule has 1 aromatic rings. The van der Waals surface area contributed by atoms with Crippen molar-refractivity contribution in [3.05, 3.63) is 41.5 Å². The molecule has 2 saturated heterocycles. The third kappa shape index (κ3) is 5.41. The average molecular weight is 446 g/mol. The molecular formula is C23H32FN5OS. The van der Waals surface area contributed by atoms with Gasteiger partial charge in [0.05, 0.1) is 16.5 Å². The predicted molar refractivity (Wildman–Crippen MR) is 127 cm³/mol. The van der Waals surface area contributed by atoms with E-state index in [0.717, 1.165) is 65.6 Å². The fraction of sp³-hybridized carbons (Fsp3) is 0.565. The van der Waals surface area contributed by atoms with Gasteiger partial charge in [0.25, 0.3) is 0 Å². The summed E-state index contributed by atoms with van der Waals surface area (Å²) in [5.41, 5.74) is 6.05. The third-order valence-electron chi connectivity index (χ3n) is 6.27. The molecule has 168 valence electrons. The van der Waals surface area contributed by atoms with Gasteiger partial charge in [-0.15, -0.1) is 11.8 Å². The van der Waals surface area contributed by atoms with Crippen LogP contribution in [0.25, 0.3) is 0 Å². The Morgan fingerprint density at radius 2 is 2.10 bits per heavy atom. The lowest BCUT2D eigenvalue weighted by molar-refractivity contribution is 0.256. The SMILES string of the molecule is CC1=NCOC1=C(C)N/N=C(\C)SCCCN1C[C@@H]2CCN(c3ccc(F)cc3)[C@@H]2C1. The highest BCUT2D eigenvalue weighted by Gasteiger charge is 2.40. The topological polar surface area (TPSA) is 52.5 Å². The summed E-state index contributed by atoms with van der Waals surface area (Å²) in [6.45, 7) is 10.8. The van der Waals surface area contributed by atoms with Crippen LogP contribution in [0.15, 0.2) is 45.8 Å². The number of ether oxygens (including phenoxy) is 1. The lowest BCUT2D eigenvalue weighted by atomic mass is 10.1. The summed E-state index contributed by atoms with van der Waals surface area (Å²) in [7, 11) is 0. The van der Waals surface area contributed by atoms with E-state index in [1.807, 2.05) is 32.9 Å². The zero-order valence-corrected chi connectivity index (χ0v) is 19.4. The van der Waals surface area contributed by atoms with Crippen LogP contribution in [0.1, 0.15) is 33.6 Å². The molecule has 0 radical (unpaired) electrons. The Balaban J connectivity index is 1.18. The van der Waals surface area contributed by atoms with Crippen LogP contribution in [0, 0.1) is 11.7 Å². The van der Waals surface area contributed by atoms with Crippen LogP contribution in [0.5, 0.6) is 0 Å². The van der Waals surface area contributed by atoms with Gasteiger partial charge in [0.1, 0.15) is 5.82 Å². The van der Waals surface area contributed by atoms with E-state index in [1.54, 1.807) is 23.9 Å². The average Bonchev–Trinajstić information content (AvgIpc) is 3.46. The van der Waals surface area contributed by atoms with Gasteiger partial charge in [0, 0.05) is 37.1 Å². The number of anilines is 1. The molecule has 6 nitrogen and oxygen atoms in total. The molecule has 31 heavy (non-hydrogen) atoms. The maximum atomic E-state index is 13.3. The lowest BCUT2D eigenvalue weighted by Gasteiger charge is -2.27. The molecule has 4 rings (SSSR count). The van der Waals surface area contributed by atoms with E-state index in [-0.39, 0.29) is 5.82 Å². The number of likely N-dealkylation sites (tertiary alicyclic amines) is 1. The first-order valence-corrected chi connectivity index (χ1v) is 12.0. The molecular weight excluding hydrogens is 413 g/mol. The number of hydrazone groups is 1. The minimum absolute atomic E-state index is 0.165. The zero-order chi connectivity index (χ0) is 21.8. The molecule has 3 heterocycles. The van der Waals surface area contributed by atoms with E-state index >= 15 is 0 Å². The first-order valence-electron chi connectivity index (χ1n) is 11.0. The summed E-state index contributed by atoms with van der Waals surface area (Å²) >= 11 is 1.79.